The molecule has 1 aromatic carbocycles. The maximum Gasteiger partial charge on any atom is 0.325 e. The molecule has 1 aromatic rings. The number of carbonyl (C=O) groups is 5. The topological polar surface area (TPSA) is 145 Å². The Morgan fingerprint density at radius 1 is 1.09 bits per heavy atom. The van der Waals surface area contributed by atoms with Gasteiger partial charge in [-0.2, -0.15) is 0 Å². The van der Waals surface area contributed by atoms with Gasteiger partial charge in [-0.25, -0.2) is 0 Å². The Kier molecular flexibility index (Phi) is 7.04. The molecule has 4 N–H and O–H groups in total. The van der Waals surface area contributed by atoms with Crippen LogP contribution in [0, 0.1) is 5.92 Å². The van der Waals surface area contributed by atoms with Crippen molar-refractivity contribution in [2.24, 2.45) is 5.92 Å². The summed E-state index contributed by atoms with van der Waals surface area (Å²) in [5.41, 5.74) is 2.38. The van der Waals surface area contributed by atoms with Crippen LogP contribution < -0.4 is 20.9 Å². The lowest BCUT2D eigenvalue weighted by atomic mass is 10.00. The predicted octanol–water partition coefficient (Wildman–Crippen LogP) is 0.125. The van der Waals surface area contributed by atoms with E-state index >= 15 is 0 Å². The first-order valence-electron chi connectivity index (χ1n) is 11.1. The summed E-state index contributed by atoms with van der Waals surface area (Å²) in [4.78, 5) is 63.6. The van der Waals surface area contributed by atoms with E-state index in [2.05, 4.69) is 16.0 Å². The van der Waals surface area contributed by atoms with E-state index in [4.69, 9.17) is 5.11 Å². The number of aliphatic carboxylic acids is 1. The fourth-order valence-corrected chi connectivity index (χ4v) is 4.36. The van der Waals surface area contributed by atoms with Crippen molar-refractivity contribution in [3.63, 3.8) is 0 Å². The molecule has 10 nitrogen and oxygen atoms in total. The second-order valence-corrected chi connectivity index (χ2v) is 8.94. The Balaban J connectivity index is 1.88. The van der Waals surface area contributed by atoms with Gasteiger partial charge in [-0.05, 0) is 36.8 Å². The van der Waals surface area contributed by atoms with E-state index in [1.54, 1.807) is 13.8 Å². The van der Waals surface area contributed by atoms with Crippen LogP contribution in [0.1, 0.15) is 45.2 Å². The number of carboxylic acid groups (broad SMARTS) is 1. The van der Waals surface area contributed by atoms with Crippen LogP contribution in [-0.2, 0) is 36.8 Å². The molecule has 0 spiro atoms. The molecule has 33 heavy (non-hydrogen) atoms. The predicted molar refractivity (Wildman–Crippen MR) is 119 cm³/mol. The second kappa shape index (κ2) is 9.60. The number of para-hydroxylation sites is 1. The zero-order valence-electron chi connectivity index (χ0n) is 19.2. The molecule has 0 unspecified atom stereocenters. The first-order chi connectivity index (χ1) is 15.5. The Morgan fingerprint density at radius 2 is 1.76 bits per heavy atom. The SMILES string of the molecule is CC(=O)N[C@H](C(=O)N[C@H]1CCc2cccc3c2N(C1=O)[C@H](C(=O)N[C@H](C)C(=O)O)C3)C(C)C. The first kappa shape index (κ1) is 24.2. The summed E-state index contributed by atoms with van der Waals surface area (Å²) in [6.45, 7) is 6.27. The standard InChI is InChI=1S/C23H30N4O6/c1-11(2)18(25-13(4)28)21(30)26-16-9-8-14-6-5-7-15-10-17(27(19(14)15)22(16)31)20(29)24-12(3)23(32)33/h5-7,11-12,16-18H,8-10H2,1-4H3,(H,24,29)(H,25,28)(H,26,30)(H,32,33)/t12-,16+,17+,18+/m1/s1. The Labute approximate surface area is 192 Å². The highest BCUT2D eigenvalue weighted by atomic mass is 16.4. The number of hydrogen-bond acceptors (Lipinski definition) is 5. The van der Waals surface area contributed by atoms with E-state index in [0.29, 0.717) is 18.5 Å². The van der Waals surface area contributed by atoms with Gasteiger partial charge in [-0.15, -0.1) is 0 Å². The van der Waals surface area contributed by atoms with Crippen LogP contribution in [0.3, 0.4) is 0 Å². The molecule has 4 amide bonds. The van der Waals surface area contributed by atoms with Crippen molar-refractivity contribution in [3.8, 4) is 0 Å². The van der Waals surface area contributed by atoms with Crippen LogP contribution in [0.15, 0.2) is 18.2 Å². The molecule has 2 aliphatic heterocycles. The first-order valence-corrected chi connectivity index (χ1v) is 11.1. The van der Waals surface area contributed by atoms with Gasteiger partial charge < -0.3 is 21.1 Å². The number of amides is 4. The van der Waals surface area contributed by atoms with Crippen molar-refractivity contribution in [1.82, 2.24) is 16.0 Å². The lowest BCUT2D eigenvalue weighted by Gasteiger charge is -2.29. The van der Waals surface area contributed by atoms with Gasteiger partial charge in [0.05, 0.1) is 5.69 Å². The van der Waals surface area contributed by atoms with Crippen molar-refractivity contribution < 1.29 is 29.1 Å². The van der Waals surface area contributed by atoms with E-state index in [0.717, 1.165) is 11.1 Å². The van der Waals surface area contributed by atoms with Crippen molar-refractivity contribution in [2.45, 2.75) is 71.1 Å². The molecule has 10 heteroatoms. The number of nitrogens with one attached hydrogen (secondary N) is 3. The van der Waals surface area contributed by atoms with Gasteiger partial charge in [0.25, 0.3) is 0 Å². The summed E-state index contributed by atoms with van der Waals surface area (Å²) in [5, 5.41) is 17.0. The summed E-state index contributed by atoms with van der Waals surface area (Å²) in [5.74, 6) is -3.18. The van der Waals surface area contributed by atoms with Gasteiger partial charge in [-0.3, -0.25) is 28.9 Å². The van der Waals surface area contributed by atoms with Crippen LogP contribution >= 0.6 is 0 Å². The molecule has 0 saturated carbocycles. The highest BCUT2D eigenvalue weighted by Gasteiger charge is 2.44. The molecule has 0 bridgehead atoms. The van der Waals surface area contributed by atoms with E-state index in [9.17, 15) is 24.0 Å². The summed E-state index contributed by atoms with van der Waals surface area (Å²) >= 11 is 0. The molecular weight excluding hydrogens is 428 g/mol. The largest absolute Gasteiger partial charge is 0.480 e. The summed E-state index contributed by atoms with van der Waals surface area (Å²) in [7, 11) is 0. The van der Waals surface area contributed by atoms with E-state index in [1.165, 1.54) is 18.7 Å². The van der Waals surface area contributed by atoms with E-state index in [1.807, 2.05) is 18.2 Å². The lowest BCUT2D eigenvalue weighted by Crippen LogP contribution is -2.58. The number of carboxylic acids is 1. The maximum absolute atomic E-state index is 13.6. The minimum Gasteiger partial charge on any atom is -0.480 e. The zero-order chi connectivity index (χ0) is 24.4. The second-order valence-electron chi connectivity index (χ2n) is 8.94. The number of rotatable bonds is 7. The van der Waals surface area contributed by atoms with Crippen LogP contribution in [0.25, 0.3) is 0 Å². The van der Waals surface area contributed by atoms with E-state index in [-0.39, 0.29) is 18.2 Å². The van der Waals surface area contributed by atoms with Crippen LogP contribution in [0.2, 0.25) is 0 Å². The molecule has 178 valence electrons. The molecule has 0 aromatic heterocycles. The lowest BCUT2D eigenvalue weighted by molar-refractivity contribution is -0.141. The Morgan fingerprint density at radius 3 is 2.36 bits per heavy atom. The smallest absolute Gasteiger partial charge is 0.325 e. The highest BCUT2D eigenvalue weighted by Crippen LogP contribution is 2.39. The van der Waals surface area contributed by atoms with E-state index < -0.39 is 47.9 Å². The molecule has 0 fully saturated rings. The number of nitrogens with zero attached hydrogens (tertiary/aromatic N) is 1. The normalized spacial score (nSPS) is 21.0. The monoisotopic (exact) mass is 458 g/mol. The minimum absolute atomic E-state index is 0.193. The molecule has 2 aliphatic rings. The molecule has 0 radical (unpaired) electrons. The average molecular weight is 459 g/mol. The summed E-state index contributed by atoms with van der Waals surface area (Å²) in [6, 6.07) is 1.88. The van der Waals surface area contributed by atoms with Gasteiger partial charge in [0.1, 0.15) is 24.2 Å². The van der Waals surface area contributed by atoms with Crippen LogP contribution in [0.5, 0.6) is 0 Å². The molecule has 3 rings (SSSR count). The maximum atomic E-state index is 13.6. The van der Waals surface area contributed by atoms with Crippen molar-refractivity contribution in [1.29, 1.82) is 0 Å². The third-order valence-electron chi connectivity index (χ3n) is 6.06. The number of anilines is 1. The number of aryl methyl sites for hydroxylation is 1. The van der Waals surface area contributed by atoms with Crippen molar-refractivity contribution in [3.05, 3.63) is 29.3 Å². The molecule has 0 saturated heterocycles. The minimum atomic E-state index is -1.18. The molecule has 2 heterocycles. The fourth-order valence-electron chi connectivity index (χ4n) is 4.36. The average Bonchev–Trinajstić information content (AvgIpc) is 3.07. The van der Waals surface area contributed by atoms with Crippen molar-refractivity contribution in [2.75, 3.05) is 4.90 Å². The Bertz CT molecular complexity index is 991. The van der Waals surface area contributed by atoms with Gasteiger partial charge >= 0.3 is 5.97 Å². The quantitative estimate of drug-likeness (QED) is 0.457. The molecule has 0 aliphatic carbocycles. The number of hydrogen-bond donors (Lipinski definition) is 4. The molecule has 4 atom stereocenters. The number of benzene rings is 1. The number of carbonyl (C=O) groups excluding carboxylic acids is 4. The van der Waals surface area contributed by atoms with Gasteiger partial charge in [-0.1, -0.05) is 32.0 Å². The van der Waals surface area contributed by atoms with Gasteiger partial charge in [0.15, 0.2) is 0 Å². The molecular formula is C23H30N4O6. The third kappa shape index (κ3) is 4.99. The Hall–Kier alpha value is -3.43. The zero-order valence-corrected chi connectivity index (χ0v) is 19.2. The van der Waals surface area contributed by atoms with Crippen molar-refractivity contribution >= 4 is 35.3 Å². The fraction of sp³-hybridized carbons (Fsp3) is 0.522. The summed E-state index contributed by atoms with van der Waals surface area (Å²) < 4.78 is 0. The van der Waals surface area contributed by atoms with Gasteiger partial charge in [0, 0.05) is 13.3 Å². The summed E-state index contributed by atoms with van der Waals surface area (Å²) in [6.07, 6.45) is 1.11. The van der Waals surface area contributed by atoms with Crippen LogP contribution in [0.4, 0.5) is 5.69 Å². The van der Waals surface area contributed by atoms with Crippen LogP contribution in [-0.4, -0.2) is 58.9 Å². The highest BCUT2D eigenvalue weighted by molar-refractivity contribution is 6.08. The third-order valence-corrected chi connectivity index (χ3v) is 6.06. The van der Waals surface area contributed by atoms with Gasteiger partial charge in [0.2, 0.25) is 23.6 Å².